The van der Waals surface area contributed by atoms with E-state index in [1.54, 1.807) is 4.68 Å². The first-order chi connectivity index (χ1) is 7.33. The van der Waals surface area contributed by atoms with Gasteiger partial charge in [0.05, 0.1) is 5.69 Å². The number of hydrogen-bond acceptors (Lipinski definition) is 3. The monoisotopic (exact) mass is 213 g/mol. The third kappa shape index (κ3) is 9.15. The SMILES string of the molecule is C=C.CC.Cn1cc(CCCCO)nn1. The van der Waals surface area contributed by atoms with E-state index in [1.807, 2.05) is 27.1 Å². The van der Waals surface area contributed by atoms with Crippen molar-refractivity contribution in [2.75, 3.05) is 6.61 Å². The lowest BCUT2D eigenvalue weighted by Gasteiger charge is -1.91. The second-order valence-electron chi connectivity index (χ2n) is 2.56. The minimum absolute atomic E-state index is 0.264. The average Bonchev–Trinajstić information content (AvgIpc) is 2.71. The fourth-order valence-electron chi connectivity index (χ4n) is 0.928. The van der Waals surface area contributed by atoms with Crippen LogP contribution in [0.5, 0.6) is 0 Å². The molecule has 88 valence electrons. The molecule has 4 nitrogen and oxygen atoms in total. The zero-order chi connectivity index (χ0) is 12.1. The number of hydrogen-bond donors (Lipinski definition) is 1. The molecule has 1 heterocycles. The Balaban J connectivity index is 0. The van der Waals surface area contributed by atoms with Crippen molar-refractivity contribution in [3.63, 3.8) is 0 Å². The van der Waals surface area contributed by atoms with Crippen LogP contribution in [0.25, 0.3) is 0 Å². The minimum atomic E-state index is 0.264. The highest BCUT2D eigenvalue weighted by molar-refractivity contribution is 4.91. The zero-order valence-electron chi connectivity index (χ0n) is 10.1. The van der Waals surface area contributed by atoms with Gasteiger partial charge in [0.25, 0.3) is 0 Å². The summed E-state index contributed by atoms with van der Waals surface area (Å²) >= 11 is 0. The number of nitrogens with zero attached hydrogens (tertiary/aromatic N) is 3. The van der Waals surface area contributed by atoms with Crippen LogP contribution in [-0.4, -0.2) is 26.7 Å². The molecule has 4 heteroatoms. The van der Waals surface area contributed by atoms with Gasteiger partial charge in [-0.1, -0.05) is 19.1 Å². The molecule has 0 unspecified atom stereocenters. The summed E-state index contributed by atoms with van der Waals surface area (Å²) in [5, 5.41) is 16.2. The summed E-state index contributed by atoms with van der Waals surface area (Å²) in [6.07, 6.45) is 4.64. The molecule has 0 spiro atoms. The predicted octanol–water partition coefficient (Wildman–Crippen LogP) is 1.96. The first-order valence-corrected chi connectivity index (χ1v) is 5.29. The smallest absolute Gasteiger partial charge is 0.0827 e. The van der Waals surface area contributed by atoms with Crippen LogP contribution in [0.15, 0.2) is 19.4 Å². The van der Waals surface area contributed by atoms with Crippen LogP contribution < -0.4 is 0 Å². The van der Waals surface area contributed by atoms with Gasteiger partial charge in [-0.3, -0.25) is 4.68 Å². The van der Waals surface area contributed by atoms with Crippen LogP contribution >= 0.6 is 0 Å². The molecule has 0 amide bonds. The van der Waals surface area contributed by atoms with E-state index in [4.69, 9.17) is 5.11 Å². The van der Waals surface area contributed by atoms with E-state index >= 15 is 0 Å². The van der Waals surface area contributed by atoms with Crippen molar-refractivity contribution < 1.29 is 5.11 Å². The molecule has 0 aliphatic heterocycles. The second kappa shape index (κ2) is 12.8. The topological polar surface area (TPSA) is 50.9 Å². The molecule has 1 rings (SSSR count). The van der Waals surface area contributed by atoms with Crippen molar-refractivity contribution in [1.29, 1.82) is 0 Å². The second-order valence-corrected chi connectivity index (χ2v) is 2.56. The van der Waals surface area contributed by atoms with E-state index in [0.717, 1.165) is 25.0 Å². The maximum absolute atomic E-state index is 8.51. The van der Waals surface area contributed by atoms with Crippen LogP contribution in [0.1, 0.15) is 32.4 Å². The summed E-state index contributed by atoms with van der Waals surface area (Å²) in [5.74, 6) is 0. The van der Waals surface area contributed by atoms with Crippen LogP contribution in [0.4, 0.5) is 0 Å². The summed E-state index contributed by atoms with van der Waals surface area (Å²) < 4.78 is 1.69. The highest BCUT2D eigenvalue weighted by atomic mass is 16.2. The molecule has 15 heavy (non-hydrogen) atoms. The minimum Gasteiger partial charge on any atom is -0.396 e. The van der Waals surface area contributed by atoms with Crippen LogP contribution in [-0.2, 0) is 13.5 Å². The van der Waals surface area contributed by atoms with Crippen molar-refractivity contribution in [1.82, 2.24) is 15.0 Å². The summed E-state index contributed by atoms with van der Waals surface area (Å²) in [5.41, 5.74) is 1.00. The third-order valence-corrected chi connectivity index (χ3v) is 1.49. The van der Waals surface area contributed by atoms with Crippen molar-refractivity contribution in [3.8, 4) is 0 Å². The first-order valence-electron chi connectivity index (χ1n) is 5.29. The van der Waals surface area contributed by atoms with Gasteiger partial charge in [-0.2, -0.15) is 0 Å². The molecule has 0 atom stereocenters. The van der Waals surface area contributed by atoms with Crippen LogP contribution in [0, 0.1) is 0 Å². The fourth-order valence-corrected chi connectivity index (χ4v) is 0.928. The normalized spacial score (nSPS) is 8.27. The van der Waals surface area contributed by atoms with Crippen molar-refractivity contribution in [2.24, 2.45) is 7.05 Å². The molecule has 0 aliphatic rings. The van der Waals surface area contributed by atoms with Gasteiger partial charge in [0.15, 0.2) is 0 Å². The molecule has 0 aromatic carbocycles. The first kappa shape index (κ1) is 16.3. The van der Waals surface area contributed by atoms with Gasteiger partial charge >= 0.3 is 0 Å². The number of rotatable bonds is 4. The predicted molar refractivity (Wildman–Crippen MR) is 63.6 cm³/mol. The van der Waals surface area contributed by atoms with Crippen LogP contribution in [0.3, 0.4) is 0 Å². The Morgan fingerprint density at radius 1 is 1.33 bits per heavy atom. The fraction of sp³-hybridized carbons (Fsp3) is 0.636. The Morgan fingerprint density at radius 2 is 1.93 bits per heavy atom. The Bertz CT molecular complexity index is 223. The molecule has 1 aromatic rings. The lowest BCUT2D eigenvalue weighted by atomic mass is 10.2. The standard InChI is InChI=1S/C7H13N3O.C2H6.C2H4/c1-10-6-7(8-9-10)4-2-3-5-11;2*1-2/h6,11H,2-5H2,1H3;1-2H3;1-2H2. The van der Waals surface area contributed by atoms with Crippen molar-refractivity contribution >= 4 is 0 Å². The molecule has 0 fully saturated rings. The van der Waals surface area contributed by atoms with E-state index in [1.165, 1.54) is 0 Å². The highest BCUT2D eigenvalue weighted by Gasteiger charge is 1.96. The van der Waals surface area contributed by atoms with Gasteiger partial charge in [0.1, 0.15) is 0 Å². The molecule has 0 saturated heterocycles. The molecular formula is C11H23N3O. The molecule has 0 bridgehead atoms. The Kier molecular flexibility index (Phi) is 13.9. The molecule has 1 N–H and O–H groups in total. The van der Waals surface area contributed by atoms with E-state index < -0.39 is 0 Å². The summed E-state index contributed by atoms with van der Waals surface area (Å²) in [6.45, 7) is 10.3. The summed E-state index contributed by atoms with van der Waals surface area (Å²) in [7, 11) is 1.85. The number of aliphatic hydroxyl groups excluding tert-OH is 1. The lowest BCUT2D eigenvalue weighted by Crippen LogP contribution is -1.88. The van der Waals surface area contributed by atoms with Crippen LogP contribution in [0.2, 0.25) is 0 Å². The van der Waals surface area contributed by atoms with Gasteiger partial charge in [0.2, 0.25) is 0 Å². The maximum atomic E-state index is 8.51. The van der Waals surface area contributed by atoms with E-state index in [2.05, 4.69) is 23.5 Å². The Labute approximate surface area is 92.6 Å². The van der Waals surface area contributed by atoms with E-state index in [9.17, 15) is 0 Å². The average molecular weight is 213 g/mol. The van der Waals surface area contributed by atoms with E-state index in [0.29, 0.717) is 0 Å². The Morgan fingerprint density at radius 3 is 2.33 bits per heavy atom. The molecule has 0 radical (unpaired) electrons. The summed E-state index contributed by atoms with van der Waals surface area (Å²) in [6, 6.07) is 0. The summed E-state index contributed by atoms with van der Waals surface area (Å²) in [4.78, 5) is 0. The molecule has 1 aromatic heterocycles. The van der Waals surface area contributed by atoms with Gasteiger partial charge in [-0.15, -0.1) is 18.3 Å². The number of aliphatic hydroxyl groups is 1. The molecule has 0 aliphatic carbocycles. The number of unbranched alkanes of at least 4 members (excludes halogenated alkanes) is 1. The van der Waals surface area contributed by atoms with E-state index in [-0.39, 0.29) is 6.61 Å². The number of aromatic nitrogens is 3. The lowest BCUT2D eigenvalue weighted by molar-refractivity contribution is 0.284. The van der Waals surface area contributed by atoms with Gasteiger partial charge in [-0.25, -0.2) is 0 Å². The molecule has 0 saturated carbocycles. The van der Waals surface area contributed by atoms with Crippen molar-refractivity contribution in [3.05, 3.63) is 25.0 Å². The third-order valence-electron chi connectivity index (χ3n) is 1.49. The van der Waals surface area contributed by atoms with Gasteiger partial charge in [-0.05, 0) is 19.3 Å². The van der Waals surface area contributed by atoms with Gasteiger partial charge < -0.3 is 5.11 Å². The Hall–Kier alpha value is -1.16. The quantitative estimate of drug-likeness (QED) is 0.614. The largest absolute Gasteiger partial charge is 0.396 e. The number of aryl methyl sites for hydroxylation is 2. The van der Waals surface area contributed by atoms with Gasteiger partial charge in [0, 0.05) is 19.9 Å². The van der Waals surface area contributed by atoms with Crippen molar-refractivity contribution in [2.45, 2.75) is 33.1 Å². The highest BCUT2D eigenvalue weighted by Crippen LogP contribution is 1.98. The molecular weight excluding hydrogens is 190 g/mol. The maximum Gasteiger partial charge on any atom is 0.0827 e. The zero-order valence-corrected chi connectivity index (χ0v) is 10.1.